The number of halogens is 1. The van der Waals surface area contributed by atoms with Crippen LogP contribution in [-0.4, -0.2) is 12.1 Å². The molecule has 128 valence electrons. The summed E-state index contributed by atoms with van der Waals surface area (Å²) in [6, 6.07) is 16.1. The minimum Gasteiger partial charge on any atom is -0.497 e. The third-order valence-corrected chi connectivity index (χ3v) is 4.04. The maximum atomic E-state index is 9.42. The van der Waals surface area contributed by atoms with Crippen LogP contribution in [-0.2, 0) is 0 Å². The van der Waals surface area contributed by atoms with Gasteiger partial charge in [-0.2, -0.15) is 5.26 Å². The molecule has 0 amide bonds. The number of aromatic nitrogens is 1. The highest BCUT2D eigenvalue weighted by Gasteiger charge is 2.10. The number of nitrogens with zero attached hydrogens (tertiary/aromatic N) is 2. The van der Waals surface area contributed by atoms with Gasteiger partial charge >= 0.3 is 0 Å². The first-order chi connectivity index (χ1) is 11.6. The lowest BCUT2D eigenvalue weighted by molar-refractivity contribution is 0.415. The molecule has 0 fully saturated rings. The highest BCUT2D eigenvalue weighted by atomic mass is 35.5. The standard InChI is InChI=1S/C20H19N3O.ClH/c1-13(2)14-4-6-16(7-5-14)23-20-15(11-21)12-22-19-10-17(24-3)8-9-18(19)20;/h4-10,12-13H,1-3H3,(H,22,23);1H. The molecule has 0 saturated heterocycles. The highest BCUT2D eigenvalue weighted by molar-refractivity contribution is 5.96. The third-order valence-electron chi connectivity index (χ3n) is 4.04. The smallest absolute Gasteiger partial charge is 0.121 e. The third kappa shape index (κ3) is 3.84. The van der Waals surface area contributed by atoms with Crippen molar-refractivity contribution in [2.45, 2.75) is 19.8 Å². The summed E-state index contributed by atoms with van der Waals surface area (Å²) in [5.41, 5.74) is 4.29. The number of hydrogen-bond acceptors (Lipinski definition) is 4. The van der Waals surface area contributed by atoms with Gasteiger partial charge in [0.25, 0.3) is 0 Å². The van der Waals surface area contributed by atoms with Crippen molar-refractivity contribution in [1.29, 1.82) is 5.26 Å². The molecule has 0 unspecified atom stereocenters. The predicted molar refractivity (Wildman–Crippen MR) is 104 cm³/mol. The van der Waals surface area contributed by atoms with Crippen LogP contribution in [0.2, 0.25) is 0 Å². The van der Waals surface area contributed by atoms with E-state index in [4.69, 9.17) is 4.74 Å². The number of methoxy groups -OCH3 is 1. The molecule has 1 aromatic heterocycles. The SMILES string of the molecule is COc1ccc2c(Nc3ccc(C(C)C)cc3)c(C#N)cnc2c1.Cl. The second-order valence-electron chi connectivity index (χ2n) is 5.94. The first-order valence-corrected chi connectivity index (χ1v) is 7.86. The molecule has 0 aliphatic rings. The van der Waals surface area contributed by atoms with Crippen molar-refractivity contribution in [3.05, 3.63) is 59.8 Å². The van der Waals surface area contributed by atoms with E-state index in [1.165, 1.54) is 5.56 Å². The molecule has 0 radical (unpaired) electrons. The Morgan fingerprint density at radius 2 is 1.84 bits per heavy atom. The molecule has 0 atom stereocenters. The van der Waals surface area contributed by atoms with Crippen LogP contribution >= 0.6 is 12.4 Å². The van der Waals surface area contributed by atoms with Crippen LogP contribution in [0.15, 0.2) is 48.7 Å². The maximum absolute atomic E-state index is 9.42. The summed E-state index contributed by atoms with van der Waals surface area (Å²) in [7, 11) is 1.63. The van der Waals surface area contributed by atoms with Gasteiger partial charge in [0.1, 0.15) is 11.8 Å². The van der Waals surface area contributed by atoms with Gasteiger partial charge in [-0.25, -0.2) is 0 Å². The molecule has 5 heteroatoms. The Kier molecular flexibility index (Phi) is 5.84. The number of fused-ring (bicyclic) bond motifs is 1. The van der Waals surface area contributed by atoms with E-state index >= 15 is 0 Å². The highest BCUT2D eigenvalue weighted by Crippen LogP contribution is 2.31. The van der Waals surface area contributed by atoms with E-state index in [0.717, 1.165) is 28.0 Å². The minimum absolute atomic E-state index is 0. The van der Waals surface area contributed by atoms with Crippen LogP contribution in [0.25, 0.3) is 10.9 Å². The van der Waals surface area contributed by atoms with E-state index in [9.17, 15) is 5.26 Å². The van der Waals surface area contributed by atoms with E-state index in [1.54, 1.807) is 13.3 Å². The van der Waals surface area contributed by atoms with Crippen LogP contribution < -0.4 is 10.1 Å². The number of hydrogen-bond donors (Lipinski definition) is 1. The number of rotatable bonds is 4. The first kappa shape index (κ1) is 18.6. The second kappa shape index (κ2) is 7.87. The summed E-state index contributed by atoms with van der Waals surface area (Å²) in [4.78, 5) is 4.36. The molecular weight excluding hydrogens is 334 g/mol. The van der Waals surface area contributed by atoms with Crippen molar-refractivity contribution in [3.8, 4) is 11.8 Å². The van der Waals surface area contributed by atoms with Crippen LogP contribution in [0.5, 0.6) is 5.75 Å². The minimum atomic E-state index is 0. The molecule has 25 heavy (non-hydrogen) atoms. The van der Waals surface area contributed by atoms with Gasteiger partial charge in [0.05, 0.1) is 23.9 Å². The fraction of sp³-hybridized carbons (Fsp3) is 0.200. The summed E-state index contributed by atoms with van der Waals surface area (Å²) < 4.78 is 5.25. The molecule has 0 spiro atoms. The average Bonchev–Trinajstić information content (AvgIpc) is 2.62. The number of nitriles is 1. The number of ether oxygens (including phenoxy) is 1. The van der Waals surface area contributed by atoms with E-state index in [2.05, 4.69) is 42.4 Å². The average molecular weight is 354 g/mol. The van der Waals surface area contributed by atoms with Gasteiger partial charge in [-0.15, -0.1) is 12.4 Å². The van der Waals surface area contributed by atoms with Crippen LogP contribution in [0.3, 0.4) is 0 Å². The number of anilines is 2. The molecule has 3 rings (SSSR count). The lowest BCUT2D eigenvalue weighted by Gasteiger charge is -2.13. The number of pyridine rings is 1. The van der Waals surface area contributed by atoms with Crippen molar-refractivity contribution in [2.75, 3.05) is 12.4 Å². The van der Waals surface area contributed by atoms with Crippen LogP contribution in [0.4, 0.5) is 11.4 Å². The maximum Gasteiger partial charge on any atom is 0.121 e. The van der Waals surface area contributed by atoms with Gasteiger partial charge in [-0.1, -0.05) is 26.0 Å². The topological polar surface area (TPSA) is 57.9 Å². The monoisotopic (exact) mass is 353 g/mol. The summed E-state index contributed by atoms with van der Waals surface area (Å²) >= 11 is 0. The summed E-state index contributed by atoms with van der Waals surface area (Å²) in [5.74, 6) is 1.23. The lowest BCUT2D eigenvalue weighted by Crippen LogP contribution is -1.97. The molecule has 0 saturated carbocycles. The summed E-state index contributed by atoms with van der Waals surface area (Å²) in [5, 5.41) is 13.7. The Morgan fingerprint density at radius 3 is 2.44 bits per heavy atom. The van der Waals surface area contributed by atoms with E-state index in [1.807, 2.05) is 30.3 Å². The molecular formula is C20H20ClN3O. The summed E-state index contributed by atoms with van der Waals surface area (Å²) in [6.07, 6.45) is 1.59. The Morgan fingerprint density at radius 1 is 1.12 bits per heavy atom. The quantitative estimate of drug-likeness (QED) is 0.681. The van der Waals surface area contributed by atoms with Gasteiger partial charge in [0, 0.05) is 23.3 Å². The van der Waals surface area contributed by atoms with Crippen LogP contribution in [0, 0.1) is 11.3 Å². The first-order valence-electron chi connectivity index (χ1n) is 7.86. The number of benzene rings is 2. The van der Waals surface area contributed by atoms with Crippen molar-refractivity contribution in [3.63, 3.8) is 0 Å². The van der Waals surface area contributed by atoms with Crippen molar-refractivity contribution >= 4 is 34.7 Å². The molecule has 1 heterocycles. The largest absolute Gasteiger partial charge is 0.497 e. The van der Waals surface area contributed by atoms with Gasteiger partial charge in [-0.3, -0.25) is 4.98 Å². The predicted octanol–water partition coefficient (Wildman–Crippen LogP) is 5.40. The van der Waals surface area contributed by atoms with E-state index < -0.39 is 0 Å². The normalized spacial score (nSPS) is 10.2. The van der Waals surface area contributed by atoms with Gasteiger partial charge in [0.15, 0.2) is 0 Å². The fourth-order valence-corrected chi connectivity index (χ4v) is 2.62. The molecule has 0 bridgehead atoms. The van der Waals surface area contributed by atoms with Crippen LogP contribution in [0.1, 0.15) is 30.9 Å². The summed E-state index contributed by atoms with van der Waals surface area (Å²) in [6.45, 7) is 4.33. The van der Waals surface area contributed by atoms with Gasteiger partial charge in [0.2, 0.25) is 0 Å². The van der Waals surface area contributed by atoms with E-state index in [0.29, 0.717) is 11.5 Å². The van der Waals surface area contributed by atoms with Crippen molar-refractivity contribution in [2.24, 2.45) is 0 Å². The Bertz CT molecular complexity index is 915. The molecule has 3 aromatic rings. The molecule has 1 N–H and O–H groups in total. The zero-order chi connectivity index (χ0) is 17.1. The molecule has 0 aliphatic heterocycles. The molecule has 0 aliphatic carbocycles. The van der Waals surface area contributed by atoms with Crippen molar-refractivity contribution < 1.29 is 4.74 Å². The number of nitrogens with one attached hydrogen (secondary N) is 1. The van der Waals surface area contributed by atoms with Gasteiger partial charge < -0.3 is 10.1 Å². The second-order valence-corrected chi connectivity index (χ2v) is 5.94. The Labute approximate surface area is 153 Å². The molecule has 2 aromatic carbocycles. The van der Waals surface area contributed by atoms with Crippen molar-refractivity contribution in [1.82, 2.24) is 4.98 Å². The van der Waals surface area contributed by atoms with Gasteiger partial charge in [-0.05, 0) is 35.7 Å². The Balaban J connectivity index is 0.00000225. The van der Waals surface area contributed by atoms with E-state index in [-0.39, 0.29) is 12.4 Å². The fourth-order valence-electron chi connectivity index (χ4n) is 2.62. The Hall–Kier alpha value is -2.77. The lowest BCUT2D eigenvalue weighted by atomic mass is 10.0. The zero-order valence-electron chi connectivity index (χ0n) is 14.4. The zero-order valence-corrected chi connectivity index (χ0v) is 15.2. The molecule has 4 nitrogen and oxygen atoms in total.